The maximum absolute atomic E-state index is 11.0. The predicted octanol–water partition coefficient (Wildman–Crippen LogP) is 2.32. The molecule has 2 unspecified atom stereocenters. The number of ether oxygens (including phenoxy) is 4. The van der Waals surface area contributed by atoms with Crippen LogP contribution in [0.1, 0.15) is 31.9 Å². The van der Waals surface area contributed by atoms with E-state index in [0.29, 0.717) is 31.3 Å². The van der Waals surface area contributed by atoms with Gasteiger partial charge in [0.1, 0.15) is 6.10 Å². The van der Waals surface area contributed by atoms with Gasteiger partial charge in [0.25, 0.3) is 0 Å². The van der Waals surface area contributed by atoms with Crippen LogP contribution in [0.5, 0.6) is 11.5 Å². The molecule has 1 aliphatic rings. The summed E-state index contributed by atoms with van der Waals surface area (Å²) in [5.74, 6) is 1.34. The standard InChI is InChI=1S/C18H27NO5/c1-18(2)11-24-16(17(18)19-12-20)13-6-7-14(22-4)15(10-13)23-9-5-8-21-3/h6-7,10,12,16-17H,5,8-9,11H2,1-4H3,(H,19,20). The van der Waals surface area contributed by atoms with Gasteiger partial charge in [0, 0.05) is 25.6 Å². The number of rotatable bonds is 9. The number of benzene rings is 1. The lowest BCUT2D eigenvalue weighted by atomic mass is 9.83. The van der Waals surface area contributed by atoms with Gasteiger partial charge in [0.15, 0.2) is 11.5 Å². The summed E-state index contributed by atoms with van der Waals surface area (Å²) in [6.45, 7) is 5.94. The Kier molecular flexibility index (Phi) is 6.45. The second-order valence-electron chi connectivity index (χ2n) is 6.59. The highest BCUT2D eigenvalue weighted by atomic mass is 16.5. The minimum absolute atomic E-state index is 0.0928. The first-order chi connectivity index (χ1) is 11.5. The third-order valence-corrected chi connectivity index (χ3v) is 4.29. The van der Waals surface area contributed by atoms with E-state index < -0.39 is 0 Å². The molecule has 134 valence electrons. The average molecular weight is 337 g/mol. The zero-order valence-corrected chi connectivity index (χ0v) is 14.8. The molecule has 2 atom stereocenters. The highest BCUT2D eigenvalue weighted by Crippen LogP contribution is 2.42. The molecule has 0 radical (unpaired) electrons. The predicted molar refractivity (Wildman–Crippen MR) is 90.4 cm³/mol. The number of amides is 1. The summed E-state index contributed by atoms with van der Waals surface area (Å²) in [4.78, 5) is 11.0. The van der Waals surface area contributed by atoms with Gasteiger partial charge in [-0.25, -0.2) is 0 Å². The topological polar surface area (TPSA) is 66.0 Å². The van der Waals surface area contributed by atoms with E-state index in [9.17, 15) is 4.79 Å². The van der Waals surface area contributed by atoms with Crippen molar-refractivity contribution in [3.63, 3.8) is 0 Å². The molecule has 0 aromatic heterocycles. The zero-order chi connectivity index (χ0) is 17.6. The van der Waals surface area contributed by atoms with Crippen molar-refractivity contribution >= 4 is 6.41 Å². The minimum atomic E-state index is -0.211. The van der Waals surface area contributed by atoms with Gasteiger partial charge in [-0.05, 0) is 17.7 Å². The van der Waals surface area contributed by atoms with Crippen molar-refractivity contribution in [3.05, 3.63) is 23.8 Å². The van der Waals surface area contributed by atoms with Gasteiger partial charge < -0.3 is 24.3 Å². The van der Waals surface area contributed by atoms with Crippen molar-refractivity contribution in [2.24, 2.45) is 5.41 Å². The molecule has 0 aliphatic carbocycles. The summed E-state index contributed by atoms with van der Waals surface area (Å²) < 4.78 is 22.2. The van der Waals surface area contributed by atoms with E-state index in [1.165, 1.54) is 0 Å². The highest BCUT2D eigenvalue weighted by molar-refractivity contribution is 5.49. The fraction of sp³-hybridized carbons (Fsp3) is 0.611. The van der Waals surface area contributed by atoms with E-state index in [0.717, 1.165) is 18.4 Å². The molecule has 1 amide bonds. The molecule has 2 rings (SSSR count). The van der Waals surface area contributed by atoms with Crippen molar-refractivity contribution in [3.8, 4) is 11.5 Å². The molecule has 6 heteroatoms. The normalized spacial score (nSPS) is 22.2. The van der Waals surface area contributed by atoms with Crippen LogP contribution in [0.25, 0.3) is 0 Å². The number of carbonyl (C=O) groups is 1. The Labute approximate surface area is 143 Å². The van der Waals surface area contributed by atoms with Gasteiger partial charge in [-0.3, -0.25) is 4.79 Å². The van der Waals surface area contributed by atoms with Crippen LogP contribution in [0.15, 0.2) is 18.2 Å². The van der Waals surface area contributed by atoms with Crippen LogP contribution in [-0.4, -0.2) is 46.5 Å². The van der Waals surface area contributed by atoms with E-state index in [2.05, 4.69) is 19.2 Å². The lowest BCUT2D eigenvalue weighted by Crippen LogP contribution is -2.41. The van der Waals surface area contributed by atoms with Crippen molar-refractivity contribution < 1.29 is 23.7 Å². The molecule has 1 saturated heterocycles. The molecule has 24 heavy (non-hydrogen) atoms. The Morgan fingerprint density at radius 3 is 2.75 bits per heavy atom. The van der Waals surface area contributed by atoms with E-state index in [1.807, 2.05) is 18.2 Å². The third-order valence-electron chi connectivity index (χ3n) is 4.29. The first kappa shape index (κ1) is 18.5. The van der Waals surface area contributed by atoms with Crippen LogP contribution in [0, 0.1) is 5.41 Å². The molecule has 1 heterocycles. The van der Waals surface area contributed by atoms with Crippen LogP contribution < -0.4 is 14.8 Å². The Morgan fingerprint density at radius 2 is 2.08 bits per heavy atom. The second kappa shape index (κ2) is 8.35. The lowest BCUT2D eigenvalue weighted by molar-refractivity contribution is -0.111. The van der Waals surface area contributed by atoms with Gasteiger partial charge >= 0.3 is 0 Å². The highest BCUT2D eigenvalue weighted by Gasteiger charge is 2.44. The van der Waals surface area contributed by atoms with Crippen molar-refractivity contribution in [1.82, 2.24) is 5.32 Å². The van der Waals surface area contributed by atoms with Crippen molar-refractivity contribution in [2.45, 2.75) is 32.4 Å². The van der Waals surface area contributed by atoms with Gasteiger partial charge in [-0.2, -0.15) is 0 Å². The molecule has 6 nitrogen and oxygen atoms in total. The SMILES string of the molecule is COCCCOc1cc(C2OCC(C)(C)C2NC=O)ccc1OC. The Morgan fingerprint density at radius 1 is 1.29 bits per heavy atom. The van der Waals surface area contributed by atoms with Gasteiger partial charge in [0.05, 0.1) is 26.4 Å². The number of hydrogen-bond donors (Lipinski definition) is 1. The molecule has 1 aromatic rings. The zero-order valence-electron chi connectivity index (χ0n) is 14.8. The van der Waals surface area contributed by atoms with Gasteiger partial charge in [-0.1, -0.05) is 19.9 Å². The Hall–Kier alpha value is -1.79. The maximum Gasteiger partial charge on any atom is 0.207 e. The summed E-state index contributed by atoms with van der Waals surface area (Å²) in [7, 11) is 3.28. The minimum Gasteiger partial charge on any atom is -0.493 e. The fourth-order valence-corrected chi connectivity index (χ4v) is 2.94. The molecule has 0 saturated carbocycles. The second-order valence-corrected chi connectivity index (χ2v) is 6.59. The van der Waals surface area contributed by atoms with Crippen molar-refractivity contribution in [1.29, 1.82) is 0 Å². The Balaban J connectivity index is 2.19. The third kappa shape index (κ3) is 4.19. The summed E-state index contributed by atoms with van der Waals surface area (Å²) >= 11 is 0. The molecule has 1 aromatic carbocycles. The number of methoxy groups -OCH3 is 2. The Bertz CT molecular complexity index is 546. The summed E-state index contributed by atoms with van der Waals surface area (Å²) in [6, 6.07) is 5.65. The van der Waals surface area contributed by atoms with Crippen LogP contribution in [-0.2, 0) is 14.3 Å². The molecular formula is C18H27NO5. The van der Waals surface area contributed by atoms with Crippen LogP contribution in [0.2, 0.25) is 0 Å². The van der Waals surface area contributed by atoms with E-state index in [-0.39, 0.29) is 17.6 Å². The molecule has 0 spiro atoms. The number of nitrogens with one attached hydrogen (secondary N) is 1. The van der Waals surface area contributed by atoms with Crippen LogP contribution in [0.4, 0.5) is 0 Å². The van der Waals surface area contributed by atoms with Crippen LogP contribution in [0.3, 0.4) is 0 Å². The first-order valence-corrected chi connectivity index (χ1v) is 8.14. The summed E-state index contributed by atoms with van der Waals surface area (Å²) in [5, 5.41) is 2.90. The summed E-state index contributed by atoms with van der Waals surface area (Å²) in [5.41, 5.74) is 0.827. The van der Waals surface area contributed by atoms with Gasteiger partial charge in [-0.15, -0.1) is 0 Å². The smallest absolute Gasteiger partial charge is 0.207 e. The molecule has 1 fully saturated rings. The molecule has 1 aliphatic heterocycles. The van der Waals surface area contributed by atoms with E-state index in [4.69, 9.17) is 18.9 Å². The molecule has 1 N–H and O–H groups in total. The van der Waals surface area contributed by atoms with Gasteiger partial charge in [0.2, 0.25) is 6.41 Å². The van der Waals surface area contributed by atoms with Crippen molar-refractivity contribution in [2.75, 3.05) is 34.0 Å². The number of hydrogen-bond acceptors (Lipinski definition) is 5. The number of carbonyl (C=O) groups excluding carboxylic acids is 1. The average Bonchev–Trinajstić information content (AvgIpc) is 2.87. The fourth-order valence-electron chi connectivity index (χ4n) is 2.94. The monoisotopic (exact) mass is 337 g/mol. The maximum atomic E-state index is 11.0. The largest absolute Gasteiger partial charge is 0.493 e. The lowest BCUT2D eigenvalue weighted by Gasteiger charge is -2.28. The van der Waals surface area contributed by atoms with E-state index in [1.54, 1.807) is 14.2 Å². The first-order valence-electron chi connectivity index (χ1n) is 8.14. The quantitative estimate of drug-likeness (QED) is 0.553. The van der Waals surface area contributed by atoms with Crippen LogP contribution >= 0.6 is 0 Å². The summed E-state index contributed by atoms with van der Waals surface area (Å²) in [6.07, 6.45) is 1.32. The molecular weight excluding hydrogens is 310 g/mol. The molecule has 0 bridgehead atoms. The van der Waals surface area contributed by atoms with E-state index >= 15 is 0 Å².